The molecule has 0 amide bonds. The number of methoxy groups -OCH3 is 1. The molecule has 2 rings (SSSR count). The van der Waals surface area contributed by atoms with Crippen molar-refractivity contribution in [3.05, 3.63) is 10.0 Å². The molecule has 1 aromatic heterocycles. The average molecular weight is 283 g/mol. The predicted molar refractivity (Wildman–Crippen MR) is 78.5 cm³/mol. The standard InChI is InChI=1S/C14H25N3OS/c1-14(2)7-5-4-6-11(14)13-17-16-12(19-13)10-15-8-9-18-3/h11,15H,4-10H2,1-3H3. The Labute approximate surface area is 120 Å². The van der Waals surface area contributed by atoms with Crippen LogP contribution in [0.5, 0.6) is 0 Å². The molecular formula is C14H25N3OS. The summed E-state index contributed by atoms with van der Waals surface area (Å²) in [5.74, 6) is 0.589. The van der Waals surface area contributed by atoms with Crippen LogP contribution < -0.4 is 5.32 Å². The molecule has 1 aliphatic carbocycles. The summed E-state index contributed by atoms with van der Waals surface area (Å²) in [7, 11) is 1.72. The van der Waals surface area contributed by atoms with Crippen molar-refractivity contribution in [3.63, 3.8) is 0 Å². The molecular weight excluding hydrogens is 258 g/mol. The molecule has 1 atom stereocenters. The van der Waals surface area contributed by atoms with E-state index in [0.29, 0.717) is 11.3 Å². The highest BCUT2D eigenvalue weighted by Crippen LogP contribution is 2.47. The summed E-state index contributed by atoms with van der Waals surface area (Å²) in [6.45, 7) is 7.14. The van der Waals surface area contributed by atoms with E-state index in [9.17, 15) is 0 Å². The molecule has 1 fully saturated rings. The van der Waals surface area contributed by atoms with Crippen LogP contribution in [0.4, 0.5) is 0 Å². The molecule has 4 nitrogen and oxygen atoms in total. The Kier molecular flexibility index (Phi) is 5.30. The number of hydrogen-bond donors (Lipinski definition) is 1. The van der Waals surface area contributed by atoms with E-state index in [1.54, 1.807) is 18.4 Å². The Bertz CT molecular complexity index is 392. The minimum atomic E-state index is 0.374. The van der Waals surface area contributed by atoms with Crippen molar-refractivity contribution in [1.82, 2.24) is 15.5 Å². The molecule has 1 aliphatic rings. The molecule has 1 N–H and O–H groups in total. The van der Waals surface area contributed by atoms with E-state index in [0.717, 1.165) is 24.7 Å². The molecule has 0 saturated heterocycles. The lowest BCUT2D eigenvalue weighted by Crippen LogP contribution is -2.25. The van der Waals surface area contributed by atoms with Gasteiger partial charge in [0.05, 0.1) is 6.61 Å². The molecule has 1 aromatic rings. The Hall–Kier alpha value is -0.520. The van der Waals surface area contributed by atoms with Crippen molar-refractivity contribution < 1.29 is 4.74 Å². The van der Waals surface area contributed by atoms with E-state index in [-0.39, 0.29) is 0 Å². The van der Waals surface area contributed by atoms with Gasteiger partial charge in [0.1, 0.15) is 10.0 Å². The highest BCUT2D eigenvalue weighted by Gasteiger charge is 2.35. The maximum atomic E-state index is 5.01. The highest BCUT2D eigenvalue weighted by atomic mass is 32.1. The van der Waals surface area contributed by atoms with Crippen LogP contribution >= 0.6 is 11.3 Å². The molecule has 1 heterocycles. The fraction of sp³-hybridized carbons (Fsp3) is 0.857. The predicted octanol–water partition coefficient (Wildman–Crippen LogP) is 2.96. The first-order valence-electron chi connectivity index (χ1n) is 7.15. The van der Waals surface area contributed by atoms with Crippen LogP contribution in [0.3, 0.4) is 0 Å². The fourth-order valence-electron chi connectivity index (χ4n) is 2.80. The van der Waals surface area contributed by atoms with E-state index < -0.39 is 0 Å². The second-order valence-electron chi connectivity index (χ2n) is 5.99. The highest BCUT2D eigenvalue weighted by molar-refractivity contribution is 7.11. The van der Waals surface area contributed by atoms with Gasteiger partial charge in [-0.2, -0.15) is 0 Å². The van der Waals surface area contributed by atoms with Crippen LogP contribution in [0.25, 0.3) is 0 Å². The lowest BCUT2D eigenvalue weighted by atomic mass is 9.69. The molecule has 0 radical (unpaired) electrons. The van der Waals surface area contributed by atoms with E-state index in [1.165, 1.54) is 30.7 Å². The topological polar surface area (TPSA) is 47.0 Å². The largest absolute Gasteiger partial charge is 0.383 e. The third-order valence-electron chi connectivity index (χ3n) is 4.05. The molecule has 108 valence electrons. The minimum absolute atomic E-state index is 0.374. The third-order valence-corrected chi connectivity index (χ3v) is 5.08. The summed E-state index contributed by atoms with van der Waals surface area (Å²) in [5, 5.41) is 14.4. The Morgan fingerprint density at radius 1 is 1.37 bits per heavy atom. The van der Waals surface area contributed by atoms with Crippen molar-refractivity contribution in [2.45, 2.75) is 52.0 Å². The van der Waals surface area contributed by atoms with Gasteiger partial charge in [-0.05, 0) is 18.3 Å². The summed E-state index contributed by atoms with van der Waals surface area (Å²) in [6.07, 6.45) is 5.25. The van der Waals surface area contributed by atoms with Crippen molar-refractivity contribution in [2.24, 2.45) is 5.41 Å². The maximum Gasteiger partial charge on any atom is 0.131 e. The number of nitrogens with zero attached hydrogens (tertiary/aromatic N) is 2. The summed E-state index contributed by atoms with van der Waals surface area (Å²) < 4.78 is 5.01. The van der Waals surface area contributed by atoms with Gasteiger partial charge in [-0.3, -0.25) is 0 Å². The SMILES string of the molecule is COCCNCc1nnc(C2CCCCC2(C)C)s1. The Morgan fingerprint density at radius 3 is 2.95 bits per heavy atom. The first-order valence-corrected chi connectivity index (χ1v) is 7.97. The maximum absolute atomic E-state index is 5.01. The monoisotopic (exact) mass is 283 g/mol. The average Bonchev–Trinajstić information content (AvgIpc) is 2.82. The number of aromatic nitrogens is 2. The third kappa shape index (κ3) is 3.97. The van der Waals surface area contributed by atoms with Gasteiger partial charge in [0.15, 0.2) is 0 Å². The number of ether oxygens (including phenoxy) is 1. The first-order chi connectivity index (χ1) is 9.13. The molecule has 0 aliphatic heterocycles. The zero-order chi connectivity index (χ0) is 13.7. The van der Waals surface area contributed by atoms with E-state index >= 15 is 0 Å². The van der Waals surface area contributed by atoms with Gasteiger partial charge in [-0.25, -0.2) is 0 Å². The van der Waals surface area contributed by atoms with Crippen LogP contribution in [0.1, 0.15) is 55.5 Å². The zero-order valence-corrected chi connectivity index (χ0v) is 13.1. The second-order valence-corrected chi connectivity index (χ2v) is 7.08. The van der Waals surface area contributed by atoms with Gasteiger partial charge < -0.3 is 10.1 Å². The van der Waals surface area contributed by atoms with E-state index in [2.05, 4.69) is 29.4 Å². The number of nitrogens with one attached hydrogen (secondary N) is 1. The molecule has 1 unspecified atom stereocenters. The van der Waals surface area contributed by atoms with E-state index in [4.69, 9.17) is 4.74 Å². The molecule has 0 spiro atoms. The summed E-state index contributed by atoms with van der Waals surface area (Å²) in [5.41, 5.74) is 0.374. The lowest BCUT2D eigenvalue weighted by molar-refractivity contribution is 0.198. The summed E-state index contributed by atoms with van der Waals surface area (Å²) >= 11 is 1.77. The molecule has 1 saturated carbocycles. The smallest absolute Gasteiger partial charge is 0.131 e. The molecule has 5 heteroatoms. The van der Waals surface area contributed by atoms with Gasteiger partial charge in [0.25, 0.3) is 0 Å². The Balaban J connectivity index is 1.92. The molecule has 0 bridgehead atoms. The van der Waals surface area contributed by atoms with Crippen LogP contribution in [0.2, 0.25) is 0 Å². The number of rotatable bonds is 6. The van der Waals surface area contributed by atoms with Crippen LogP contribution in [-0.2, 0) is 11.3 Å². The van der Waals surface area contributed by atoms with Crippen LogP contribution in [0, 0.1) is 5.41 Å². The first kappa shape index (κ1) is 14.9. The quantitative estimate of drug-likeness (QED) is 0.815. The van der Waals surface area contributed by atoms with Crippen LogP contribution in [-0.4, -0.2) is 30.5 Å². The number of hydrogen-bond acceptors (Lipinski definition) is 5. The van der Waals surface area contributed by atoms with E-state index in [1.807, 2.05) is 0 Å². The van der Waals surface area contributed by atoms with Crippen molar-refractivity contribution in [1.29, 1.82) is 0 Å². The van der Waals surface area contributed by atoms with Gasteiger partial charge in [-0.1, -0.05) is 38.0 Å². The van der Waals surface area contributed by atoms with Gasteiger partial charge >= 0.3 is 0 Å². The fourth-order valence-corrected chi connectivity index (χ4v) is 3.96. The zero-order valence-electron chi connectivity index (χ0n) is 12.2. The summed E-state index contributed by atoms with van der Waals surface area (Å²) in [4.78, 5) is 0. The molecule has 19 heavy (non-hydrogen) atoms. The lowest BCUT2D eigenvalue weighted by Gasteiger charge is -2.37. The van der Waals surface area contributed by atoms with Gasteiger partial charge in [-0.15, -0.1) is 10.2 Å². The van der Waals surface area contributed by atoms with Crippen molar-refractivity contribution in [2.75, 3.05) is 20.3 Å². The van der Waals surface area contributed by atoms with Gasteiger partial charge in [0.2, 0.25) is 0 Å². The molecule has 0 aromatic carbocycles. The summed E-state index contributed by atoms with van der Waals surface area (Å²) in [6, 6.07) is 0. The normalized spacial score (nSPS) is 22.6. The Morgan fingerprint density at radius 2 is 2.21 bits per heavy atom. The van der Waals surface area contributed by atoms with Gasteiger partial charge in [0, 0.05) is 26.1 Å². The van der Waals surface area contributed by atoms with Crippen LogP contribution in [0.15, 0.2) is 0 Å². The van der Waals surface area contributed by atoms with Crippen molar-refractivity contribution >= 4 is 11.3 Å². The van der Waals surface area contributed by atoms with Crippen molar-refractivity contribution in [3.8, 4) is 0 Å². The second kappa shape index (κ2) is 6.77. The minimum Gasteiger partial charge on any atom is -0.383 e.